The van der Waals surface area contributed by atoms with Crippen LogP contribution in [0.3, 0.4) is 0 Å². The van der Waals surface area contributed by atoms with Crippen LogP contribution in [0.5, 0.6) is 0 Å². The van der Waals surface area contributed by atoms with Gasteiger partial charge in [0.15, 0.2) is 0 Å². The van der Waals surface area contributed by atoms with Crippen LogP contribution in [0.4, 0.5) is 0 Å². The molecule has 0 unspecified atom stereocenters. The smallest absolute Gasteiger partial charge is 0.251 e. The Kier molecular flexibility index (Phi) is 4.56. The van der Waals surface area contributed by atoms with Gasteiger partial charge < -0.3 is 5.32 Å². The van der Waals surface area contributed by atoms with E-state index in [1.54, 1.807) is 24.5 Å². The molecule has 1 aliphatic carbocycles. The number of amides is 1. The summed E-state index contributed by atoms with van der Waals surface area (Å²) in [7, 11) is 0. The van der Waals surface area contributed by atoms with Crippen LogP contribution in [-0.2, 0) is 0 Å². The molecule has 0 spiro atoms. The first kappa shape index (κ1) is 14.0. The molecule has 0 aromatic carbocycles. The van der Waals surface area contributed by atoms with Crippen molar-refractivity contribution in [1.82, 2.24) is 10.3 Å². The summed E-state index contributed by atoms with van der Waals surface area (Å²) in [6.07, 6.45) is 6.93. The Balaban J connectivity index is 2.04. The molecule has 0 radical (unpaired) electrons. The lowest BCUT2D eigenvalue weighted by Crippen LogP contribution is -2.45. The van der Waals surface area contributed by atoms with Gasteiger partial charge in [0.05, 0.1) is 0 Å². The van der Waals surface area contributed by atoms with Crippen molar-refractivity contribution in [2.45, 2.75) is 46.1 Å². The Morgan fingerprint density at radius 2 is 2.00 bits per heavy atom. The highest BCUT2D eigenvalue weighted by Gasteiger charge is 2.31. The molecule has 3 heteroatoms. The monoisotopic (exact) mass is 260 g/mol. The molecule has 3 nitrogen and oxygen atoms in total. The van der Waals surface area contributed by atoms with Crippen molar-refractivity contribution in [3.8, 4) is 0 Å². The summed E-state index contributed by atoms with van der Waals surface area (Å²) in [5.74, 6) is 1.96. The van der Waals surface area contributed by atoms with Gasteiger partial charge in [0.25, 0.3) is 5.91 Å². The maximum atomic E-state index is 12.2. The number of nitrogens with zero attached hydrogens (tertiary/aromatic N) is 1. The fourth-order valence-electron chi connectivity index (χ4n) is 3.12. The minimum Gasteiger partial charge on any atom is -0.349 e. The van der Waals surface area contributed by atoms with E-state index in [1.165, 1.54) is 12.8 Å². The molecule has 1 heterocycles. The third-order valence-corrected chi connectivity index (χ3v) is 4.28. The number of rotatable bonds is 3. The third kappa shape index (κ3) is 3.55. The van der Waals surface area contributed by atoms with E-state index in [4.69, 9.17) is 0 Å². The first-order valence-corrected chi connectivity index (χ1v) is 7.28. The van der Waals surface area contributed by atoms with Crippen molar-refractivity contribution in [2.75, 3.05) is 0 Å². The predicted molar refractivity (Wildman–Crippen MR) is 76.8 cm³/mol. The minimum absolute atomic E-state index is 0.0344. The minimum atomic E-state index is 0.0344. The second kappa shape index (κ2) is 6.18. The zero-order chi connectivity index (χ0) is 13.8. The first-order valence-electron chi connectivity index (χ1n) is 7.28. The molecule has 104 valence electrons. The Bertz CT molecular complexity index is 416. The van der Waals surface area contributed by atoms with Gasteiger partial charge >= 0.3 is 0 Å². The molecule has 0 bridgehead atoms. The molecule has 1 aromatic rings. The summed E-state index contributed by atoms with van der Waals surface area (Å²) in [6, 6.07) is 3.85. The molecule has 2 rings (SSSR count). The van der Waals surface area contributed by atoms with E-state index in [-0.39, 0.29) is 5.91 Å². The van der Waals surface area contributed by atoms with Crippen LogP contribution in [0, 0.1) is 17.8 Å². The van der Waals surface area contributed by atoms with Gasteiger partial charge in [-0.15, -0.1) is 0 Å². The third-order valence-electron chi connectivity index (χ3n) is 4.28. The molecule has 1 saturated carbocycles. The van der Waals surface area contributed by atoms with Gasteiger partial charge in [-0.05, 0) is 42.7 Å². The van der Waals surface area contributed by atoms with Gasteiger partial charge in [-0.2, -0.15) is 0 Å². The first-order chi connectivity index (χ1) is 9.08. The van der Waals surface area contributed by atoms with Crippen LogP contribution in [-0.4, -0.2) is 16.9 Å². The quantitative estimate of drug-likeness (QED) is 0.906. The van der Waals surface area contributed by atoms with Gasteiger partial charge in [-0.25, -0.2) is 0 Å². The van der Waals surface area contributed by atoms with Crippen molar-refractivity contribution >= 4 is 5.91 Å². The molecule has 1 fully saturated rings. The fraction of sp³-hybridized carbons (Fsp3) is 0.625. The molecule has 0 aliphatic heterocycles. The summed E-state index contributed by atoms with van der Waals surface area (Å²) in [5, 5.41) is 3.23. The summed E-state index contributed by atoms with van der Waals surface area (Å²) < 4.78 is 0. The number of carbonyl (C=O) groups is 1. The summed E-state index contributed by atoms with van der Waals surface area (Å²) >= 11 is 0. The van der Waals surface area contributed by atoms with E-state index in [0.717, 1.165) is 6.42 Å². The molecule has 19 heavy (non-hydrogen) atoms. The second-order valence-corrected chi connectivity index (χ2v) is 6.14. The van der Waals surface area contributed by atoms with E-state index in [9.17, 15) is 4.79 Å². The number of carbonyl (C=O) groups excluding carboxylic acids is 1. The highest BCUT2D eigenvalue weighted by molar-refractivity contribution is 5.94. The molecule has 1 amide bonds. The SMILES string of the molecule is CC(C)[C@H]1CC[C@@H](C)C[C@H]1NC(=O)c1ccncc1. The largest absolute Gasteiger partial charge is 0.349 e. The molecule has 1 aromatic heterocycles. The molecule has 1 N–H and O–H groups in total. The number of hydrogen-bond donors (Lipinski definition) is 1. The molecular formula is C16H24N2O. The maximum Gasteiger partial charge on any atom is 0.251 e. The van der Waals surface area contributed by atoms with E-state index < -0.39 is 0 Å². The Labute approximate surface area is 115 Å². The molecule has 3 atom stereocenters. The predicted octanol–water partition coefficient (Wildman–Crippen LogP) is 3.27. The lowest BCUT2D eigenvalue weighted by atomic mass is 9.74. The number of nitrogens with one attached hydrogen (secondary N) is 1. The number of aromatic nitrogens is 1. The van der Waals surface area contributed by atoms with Crippen LogP contribution in [0.1, 0.15) is 50.4 Å². The molecular weight excluding hydrogens is 236 g/mol. The fourth-order valence-corrected chi connectivity index (χ4v) is 3.12. The highest BCUT2D eigenvalue weighted by Crippen LogP contribution is 2.33. The van der Waals surface area contributed by atoms with Gasteiger partial charge in [-0.1, -0.05) is 27.2 Å². The Hall–Kier alpha value is -1.38. The van der Waals surface area contributed by atoms with E-state index >= 15 is 0 Å². The maximum absolute atomic E-state index is 12.2. The normalized spacial score (nSPS) is 27.3. The van der Waals surface area contributed by atoms with Crippen LogP contribution in [0.25, 0.3) is 0 Å². The molecule has 0 saturated heterocycles. The summed E-state index contributed by atoms with van der Waals surface area (Å²) in [5.41, 5.74) is 0.704. The van der Waals surface area contributed by atoms with Gasteiger partial charge in [0.1, 0.15) is 0 Å². The van der Waals surface area contributed by atoms with E-state index in [2.05, 4.69) is 31.1 Å². The van der Waals surface area contributed by atoms with Gasteiger partial charge in [-0.3, -0.25) is 9.78 Å². The zero-order valence-corrected chi connectivity index (χ0v) is 12.1. The zero-order valence-electron chi connectivity index (χ0n) is 12.1. The van der Waals surface area contributed by atoms with Crippen molar-refractivity contribution in [2.24, 2.45) is 17.8 Å². The van der Waals surface area contributed by atoms with Gasteiger partial charge in [0, 0.05) is 24.0 Å². The summed E-state index contributed by atoms with van der Waals surface area (Å²) in [4.78, 5) is 16.2. The average Bonchev–Trinajstić information content (AvgIpc) is 2.39. The van der Waals surface area contributed by atoms with Crippen molar-refractivity contribution in [3.63, 3.8) is 0 Å². The second-order valence-electron chi connectivity index (χ2n) is 6.14. The highest BCUT2D eigenvalue weighted by atomic mass is 16.1. The van der Waals surface area contributed by atoms with Gasteiger partial charge in [0.2, 0.25) is 0 Å². The number of pyridine rings is 1. The van der Waals surface area contributed by atoms with E-state index in [1.807, 2.05) is 0 Å². The standard InChI is InChI=1S/C16H24N2O/c1-11(2)14-5-4-12(3)10-15(14)18-16(19)13-6-8-17-9-7-13/h6-9,11-12,14-15H,4-5,10H2,1-3H3,(H,18,19)/t12-,14-,15-/m1/s1. The Morgan fingerprint density at radius 3 is 2.63 bits per heavy atom. The Morgan fingerprint density at radius 1 is 1.32 bits per heavy atom. The van der Waals surface area contributed by atoms with Crippen LogP contribution >= 0.6 is 0 Å². The van der Waals surface area contributed by atoms with Crippen LogP contribution < -0.4 is 5.32 Å². The van der Waals surface area contributed by atoms with Crippen LogP contribution in [0.2, 0.25) is 0 Å². The topological polar surface area (TPSA) is 42.0 Å². The van der Waals surface area contributed by atoms with Crippen molar-refractivity contribution < 1.29 is 4.79 Å². The molecule has 1 aliphatic rings. The number of hydrogen-bond acceptors (Lipinski definition) is 2. The summed E-state index contributed by atoms with van der Waals surface area (Å²) in [6.45, 7) is 6.79. The lowest BCUT2D eigenvalue weighted by molar-refractivity contribution is 0.0868. The van der Waals surface area contributed by atoms with Crippen LogP contribution in [0.15, 0.2) is 24.5 Å². The lowest BCUT2D eigenvalue weighted by Gasteiger charge is -2.37. The average molecular weight is 260 g/mol. The van der Waals surface area contributed by atoms with Crippen molar-refractivity contribution in [3.05, 3.63) is 30.1 Å². The van der Waals surface area contributed by atoms with E-state index in [0.29, 0.717) is 29.4 Å². The van der Waals surface area contributed by atoms with Crippen molar-refractivity contribution in [1.29, 1.82) is 0 Å².